The van der Waals surface area contributed by atoms with Gasteiger partial charge in [-0.25, -0.2) is 0 Å². The maximum Gasteiger partial charge on any atom is 0.0589 e. The topological polar surface area (TPSA) is 19.0 Å². The largest absolute Gasteiger partial charge is 0.383 e. The van der Waals surface area contributed by atoms with Gasteiger partial charge in [-0.15, -0.1) is 0 Å². The van der Waals surface area contributed by atoms with E-state index in [-0.39, 0.29) is 0 Å². The highest BCUT2D eigenvalue weighted by atomic mass is 16.5. The molecule has 2 aliphatic heterocycles. The first kappa shape index (κ1) is 20.6. The summed E-state index contributed by atoms with van der Waals surface area (Å²) in [6.07, 6.45) is 12.9. The summed E-state index contributed by atoms with van der Waals surface area (Å²) in [4.78, 5) is 7.88. The van der Waals surface area contributed by atoms with Crippen LogP contribution in [0.15, 0.2) is 18.2 Å². The molecule has 0 unspecified atom stereocenters. The zero-order chi connectivity index (χ0) is 20.4. The van der Waals surface area contributed by atoms with Crippen molar-refractivity contribution in [1.29, 1.82) is 0 Å². The molecule has 5 rings (SSSR count). The van der Waals surface area contributed by atoms with E-state index in [1.807, 2.05) is 7.11 Å². The number of hydrogen-bond donors (Lipinski definition) is 0. The fourth-order valence-corrected chi connectivity index (χ4v) is 6.16. The van der Waals surface area contributed by atoms with Crippen LogP contribution in [-0.4, -0.2) is 64.4 Å². The Hall–Kier alpha value is -1.26. The summed E-state index contributed by atoms with van der Waals surface area (Å²) in [6.45, 7) is 9.01. The summed E-state index contributed by atoms with van der Waals surface area (Å²) < 4.78 is 5.29. The summed E-state index contributed by atoms with van der Waals surface area (Å²) in [5.41, 5.74) is 5.46. The van der Waals surface area contributed by atoms with Crippen molar-refractivity contribution in [3.8, 4) is 0 Å². The lowest BCUT2D eigenvalue weighted by Gasteiger charge is -2.39. The van der Waals surface area contributed by atoms with E-state index in [0.29, 0.717) is 0 Å². The quantitative estimate of drug-likeness (QED) is 0.664. The van der Waals surface area contributed by atoms with Crippen molar-refractivity contribution < 1.29 is 4.74 Å². The zero-order valence-electron chi connectivity index (χ0n) is 19.1. The van der Waals surface area contributed by atoms with Gasteiger partial charge in [0.1, 0.15) is 0 Å². The van der Waals surface area contributed by atoms with E-state index < -0.39 is 0 Å². The van der Waals surface area contributed by atoms with Crippen LogP contribution in [-0.2, 0) is 4.74 Å². The Balaban J connectivity index is 1.34. The number of anilines is 2. The van der Waals surface area contributed by atoms with Gasteiger partial charge in [0.15, 0.2) is 0 Å². The Kier molecular flexibility index (Phi) is 6.24. The first-order valence-corrected chi connectivity index (χ1v) is 12.6. The Bertz CT molecular complexity index is 692. The number of rotatable bonds is 6. The highest BCUT2D eigenvalue weighted by Gasteiger charge is 2.45. The van der Waals surface area contributed by atoms with Crippen LogP contribution in [0.4, 0.5) is 11.4 Å². The van der Waals surface area contributed by atoms with E-state index in [0.717, 1.165) is 50.7 Å². The monoisotopic (exact) mass is 411 g/mol. The van der Waals surface area contributed by atoms with E-state index in [1.165, 1.54) is 76.6 Å². The maximum atomic E-state index is 5.29. The van der Waals surface area contributed by atoms with Crippen LogP contribution in [0.1, 0.15) is 69.3 Å². The third-order valence-electron chi connectivity index (χ3n) is 8.50. The number of benzene rings is 1. The van der Waals surface area contributed by atoms with E-state index in [9.17, 15) is 0 Å². The molecule has 0 aromatic heterocycles. The fourth-order valence-electron chi connectivity index (χ4n) is 6.16. The first-order chi connectivity index (χ1) is 14.8. The second-order valence-corrected chi connectivity index (χ2v) is 10.4. The van der Waals surface area contributed by atoms with Crippen LogP contribution in [0.25, 0.3) is 0 Å². The maximum absolute atomic E-state index is 5.29. The first-order valence-electron chi connectivity index (χ1n) is 12.6. The molecule has 2 heterocycles. The van der Waals surface area contributed by atoms with Crippen molar-refractivity contribution >= 4 is 11.4 Å². The van der Waals surface area contributed by atoms with E-state index >= 15 is 0 Å². The summed E-state index contributed by atoms with van der Waals surface area (Å²) >= 11 is 0. The molecule has 1 aromatic rings. The number of ether oxygens (including phenoxy) is 1. The molecule has 1 aromatic carbocycles. The molecule has 2 saturated carbocycles. The molecule has 0 bridgehead atoms. The highest BCUT2D eigenvalue weighted by molar-refractivity contribution is 5.63. The molecule has 2 saturated heterocycles. The van der Waals surface area contributed by atoms with Gasteiger partial charge in [0.2, 0.25) is 0 Å². The van der Waals surface area contributed by atoms with Crippen molar-refractivity contribution in [3.05, 3.63) is 23.8 Å². The molecular formula is C26H41N3O. The molecule has 30 heavy (non-hydrogen) atoms. The smallest absolute Gasteiger partial charge is 0.0589 e. The lowest BCUT2D eigenvalue weighted by molar-refractivity contribution is 0.144. The number of piperazine rings is 1. The Morgan fingerprint density at radius 2 is 1.60 bits per heavy atom. The fraction of sp³-hybridized carbons (Fsp3) is 0.769. The summed E-state index contributed by atoms with van der Waals surface area (Å²) in [5.74, 6) is 0.766. The van der Waals surface area contributed by atoms with Gasteiger partial charge in [0.05, 0.1) is 6.61 Å². The minimum absolute atomic E-state index is 0.766. The number of hydrogen-bond acceptors (Lipinski definition) is 4. The van der Waals surface area contributed by atoms with Crippen LogP contribution in [0.2, 0.25) is 0 Å². The van der Waals surface area contributed by atoms with Crippen molar-refractivity contribution in [2.24, 2.45) is 5.41 Å². The molecule has 0 N–H and O–H groups in total. The average Bonchev–Trinajstić information content (AvgIpc) is 3.57. The average molecular weight is 412 g/mol. The molecule has 0 amide bonds. The van der Waals surface area contributed by atoms with Crippen LogP contribution in [0.3, 0.4) is 0 Å². The van der Waals surface area contributed by atoms with Gasteiger partial charge in [-0.2, -0.15) is 0 Å². The van der Waals surface area contributed by atoms with Crippen molar-refractivity contribution in [2.75, 3.05) is 69.3 Å². The molecule has 2 aliphatic carbocycles. The number of nitrogens with zero attached hydrogens (tertiary/aromatic N) is 3. The second kappa shape index (κ2) is 9.08. The van der Waals surface area contributed by atoms with Crippen molar-refractivity contribution in [3.63, 3.8) is 0 Å². The molecule has 4 fully saturated rings. The van der Waals surface area contributed by atoms with Gasteiger partial charge >= 0.3 is 0 Å². The molecule has 4 aliphatic rings. The van der Waals surface area contributed by atoms with Crippen molar-refractivity contribution in [2.45, 2.75) is 63.7 Å². The van der Waals surface area contributed by atoms with Gasteiger partial charge < -0.3 is 14.5 Å². The van der Waals surface area contributed by atoms with Crippen LogP contribution in [0, 0.1) is 5.41 Å². The van der Waals surface area contributed by atoms with Gasteiger partial charge in [0, 0.05) is 64.3 Å². The normalized spacial score (nSPS) is 25.1. The molecule has 166 valence electrons. The SMILES string of the molecule is COCCN1CCN(c2ccc(N3CCCCC3)cc2C2CCC3(CC2)CC3)CC1. The Labute approximate surface area is 183 Å². The standard InChI is InChI=1S/C26H41N3O/c1-30-20-19-27-15-17-29(18-16-27)25-6-5-23(28-13-3-2-4-14-28)21-24(25)22-7-9-26(10-8-22)11-12-26/h5-6,21-22H,2-4,7-20H2,1H3. The lowest BCUT2D eigenvalue weighted by Crippen LogP contribution is -2.47. The molecule has 4 nitrogen and oxygen atoms in total. The van der Waals surface area contributed by atoms with Crippen LogP contribution in [0.5, 0.6) is 0 Å². The third kappa shape index (κ3) is 4.50. The van der Waals surface area contributed by atoms with Crippen LogP contribution >= 0.6 is 0 Å². The Morgan fingerprint density at radius 1 is 0.867 bits per heavy atom. The van der Waals surface area contributed by atoms with E-state index in [2.05, 4.69) is 32.9 Å². The van der Waals surface area contributed by atoms with Gasteiger partial charge in [-0.3, -0.25) is 4.90 Å². The van der Waals surface area contributed by atoms with E-state index in [4.69, 9.17) is 4.74 Å². The summed E-state index contributed by atoms with van der Waals surface area (Å²) in [5, 5.41) is 0. The number of piperidine rings is 1. The van der Waals surface area contributed by atoms with Gasteiger partial charge in [-0.1, -0.05) is 0 Å². The van der Waals surface area contributed by atoms with E-state index in [1.54, 1.807) is 11.3 Å². The van der Waals surface area contributed by atoms with Crippen LogP contribution < -0.4 is 9.80 Å². The minimum Gasteiger partial charge on any atom is -0.383 e. The lowest BCUT2D eigenvalue weighted by atomic mass is 9.76. The predicted molar refractivity (Wildman–Crippen MR) is 126 cm³/mol. The molecule has 0 radical (unpaired) electrons. The Morgan fingerprint density at radius 3 is 2.27 bits per heavy atom. The molecular weight excluding hydrogens is 370 g/mol. The highest BCUT2D eigenvalue weighted by Crippen LogP contribution is 2.59. The molecule has 1 spiro atoms. The molecule has 4 heteroatoms. The second-order valence-electron chi connectivity index (χ2n) is 10.4. The summed E-state index contributed by atoms with van der Waals surface area (Å²) in [7, 11) is 1.81. The molecule has 0 atom stereocenters. The summed E-state index contributed by atoms with van der Waals surface area (Å²) in [6, 6.07) is 7.51. The number of methoxy groups -OCH3 is 1. The van der Waals surface area contributed by atoms with Gasteiger partial charge in [-0.05, 0) is 92.9 Å². The zero-order valence-corrected chi connectivity index (χ0v) is 19.1. The predicted octanol–water partition coefficient (Wildman–Crippen LogP) is 4.88. The van der Waals surface area contributed by atoms with Gasteiger partial charge in [0.25, 0.3) is 0 Å². The minimum atomic E-state index is 0.766. The third-order valence-corrected chi connectivity index (χ3v) is 8.50. The van der Waals surface area contributed by atoms with Crippen molar-refractivity contribution in [1.82, 2.24) is 4.90 Å².